The maximum atomic E-state index is 11.5. The quantitative estimate of drug-likeness (QED) is 0.847. The third kappa shape index (κ3) is 4.01. The molecule has 2 rings (SSSR count). The molecule has 0 aromatic heterocycles. The van der Waals surface area contributed by atoms with Gasteiger partial charge in [-0.1, -0.05) is 48.0 Å². The standard InChI is InChI=1S/C16H12ClNO2S/c17-13-7-4-8-14(12(13)10-18)21-15(16(19)20)9-11-5-2-1-3-6-11/h1-8,15H,9H2,(H,19,20). The van der Waals surface area contributed by atoms with E-state index in [1.807, 2.05) is 36.4 Å². The smallest absolute Gasteiger partial charge is 0.317 e. The average Bonchev–Trinajstić information content (AvgIpc) is 2.48. The van der Waals surface area contributed by atoms with E-state index in [1.165, 1.54) is 0 Å². The molecule has 0 saturated heterocycles. The van der Waals surface area contributed by atoms with Crippen molar-refractivity contribution in [3.8, 4) is 6.07 Å². The molecule has 0 amide bonds. The Morgan fingerprint density at radius 2 is 1.95 bits per heavy atom. The van der Waals surface area contributed by atoms with Crippen LogP contribution in [0, 0.1) is 11.3 Å². The maximum Gasteiger partial charge on any atom is 0.317 e. The van der Waals surface area contributed by atoms with E-state index in [1.54, 1.807) is 18.2 Å². The predicted molar refractivity (Wildman–Crippen MR) is 83.6 cm³/mol. The summed E-state index contributed by atoms with van der Waals surface area (Å²) in [4.78, 5) is 12.0. The molecular weight excluding hydrogens is 306 g/mol. The molecular formula is C16H12ClNO2S. The van der Waals surface area contributed by atoms with Gasteiger partial charge in [0.2, 0.25) is 0 Å². The van der Waals surface area contributed by atoms with Gasteiger partial charge in [0.25, 0.3) is 0 Å². The fraction of sp³-hybridized carbons (Fsp3) is 0.125. The molecule has 1 unspecified atom stereocenters. The number of hydrogen-bond donors (Lipinski definition) is 1. The van der Waals surface area contributed by atoms with Crippen molar-refractivity contribution in [3.63, 3.8) is 0 Å². The molecule has 3 nitrogen and oxygen atoms in total. The topological polar surface area (TPSA) is 61.1 Å². The van der Waals surface area contributed by atoms with Gasteiger partial charge in [-0.25, -0.2) is 0 Å². The summed E-state index contributed by atoms with van der Waals surface area (Å²) in [6.45, 7) is 0. The number of hydrogen-bond acceptors (Lipinski definition) is 3. The molecule has 2 aromatic rings. The van der Waals surface area contributed by atoms with Gasteiger partial charge in [0.15, 0.2) is 0 Å². The van der Waals surface area contributed by atoms with E-state index in [4.69, 9.17) is 16.9 Å². The molecule has 1 N–H and O–H groups in total. The Kier molecular flexibility index (Phi) is 5.26. The lowest BCUT2D eigenvalue weighted by atomic mass is 10.1. The summed E-state index contributed by atoms with van der Waals surface area (Å²) >= 11 is 7.12. The zero-order chi connectivity index (χ0) is 15.2. The number of aliphatic carboxylic acids is 1. The number of carboxylic acids is 1. The third-order valence-electron chi connectivity index (χ3n) is 2.90. The molecule has 2 aromatic carbocycles. The molecule has 5 heteroatoms. The van der Waals surface area contributed by atoms with E-state index in [0.29, 0.717) is 21.9 Å². The van der Waals surface area contributed by atoms with Crippen molar-refractivity contribution < 1.29 is 9.90 Å². The third-order valence-corrected chi connectivity index (χ3v) is 4.46. The van der Waals surface area contributed by atoms with Gasteiger partial charge in [0.1, 0.15) is 11.3 Å². The van der Waals surface area contributed by atoms with Crippen molar-refractivity contribution in [1.29, 1.82) is 5.26 Å². The first kappa shape index (κ1) is 15.4. The number of halogens is 1. The Morgan fingerprint density at radius 1 is 1.24 bits per heavy atom. The fourth-order valence-electron chi connectivity index (χ4n) is 1.87. The molecule has 21 heavy (non-hydrogen) atoms. The number of nitrogens with zero attached hydrogens (tertiary/aromatic N) is 1. The summed E-state index contributed by atoms with van der Waals surface area (Å²) in [7, 11) is 0. The van der Waals surface area contributed by atoms with E-state index >= 15 is 0 Å². The normalized spacial score (nSPS) is 11.6. The predicted octanol–water partition coefficient (Wildman–Crippen LogP) is 4.00. The summed E-state index contributed by atoms with van der Waals surface area (Å²) in [6.07, 6.45) is 0.387. The van der Waals surface area contributed by atoms with Gasteiger partial charge in [-0.15, -0.1) is 11.8 Å². The van der Waals surface area contributed by atoms with Gasteiger partial charge in [-0.05, 0) is 24.1 Å². The summed E-state index contributed by atoms with van der Waals surface area (Å²) in [5.74, 6) is -0.910. The molecule has 0 aliphatic carbocycles. The molecule has 0 spiro atoms. The van der Waals surface area contributed by atoms with Crippen LogP contribution in [0.25, 0.3) is 0 Å². The van der Waals surface area contributed by atoms with Crippen molar-refractivity contribution in [2.24, 2.45) is 0 Å². The molecule has 0 saturated carbocycles. The van der Waals surface area contributed by atoms with Crippen LogP contribution in [0.15, 0.2) is 53.4 Å². The summed E-state index contributed by atoms with van der Waals surface area (Å²) in [5, 5.41) is 18.2. The minimum absolute atomic E-state index is 0.323. The van der Waals surface area contributed by atoms with Crippen molar-refractivity contribution >= 4 is 29.3 Å². The van der Waals surface area contributed by atoms with Crippen LogP contribution in [-0.2, 0) is 11.2 Å². The Balaban J connectivity index is 2.24. The average molecular weight is 318 g/mol. The van der Waals surface area contributed by atoms with Crippen LogP contribution in [0.1, 0.15) is 11.1 Å². The Hall–Kier alpha value is -1.96. The van der Waals surface area contributed by atoms with E-state index in [9.17, 15) is 9.90 Å². The minimum Gasteiger partial charge on any atom is -0.480 e. The molecule has 0 fully saturated rings. The van der Waals surface area contributed by atoms with Crippen LogP contribution in [-0.4, -0.2) is 16.3 Å². The van der Waals surface area contributed by atoms with E-state index in [-0.39, 0.29) is 0 Å². The number of carboxylic acid groups (broad SMARTS) is 1. The molecule has 0 heterocycles. The number of thioether (sulfide) groups is 1. The number of rotatable bonds is 5. The highest BCUT2D eigenvalue weighted by Crippen LogP contribution is 2.32. The highest BCUT2D eigenvalue weighted by Gasteiger charge is 2.21. The highest BCUT2D eigenvalue weighted by molar-refractivity contribution is 8.00. The van der Waals surface area contributed by atoms with Crippen LogP contribution in [0.4, 0.5) is 0 Å². The lowest BCUT2D eigenvalue weighted by Gasteiger charge is -2.13. The molecule has 0 aliphatic heterocycles. The van der Waals surface area contributed by atoms with Crippen LogP contribution in [0.3, 0.4) is 0 Å². The first-order chi connectivity index (χ1) is 10.1. The second kappa shape index (κ2) is 7.16. The SMILES string of the molecule is N#Cc1c(Cl)cccc1SC(Cc1ccccc1)C(=O)O. The highest BCUT2D eigenvalue weighted by atomic mass is 35.5. The Morgan fingerprint density at radius 3 is 2.57 bits per heavy atom. The maximum absolute atomic E-state index is 11.5. The fourth-order valence-corrected chi connectivity index (χ4v) is 3.26. The van der Waals surface area contributed by atoms with Gasteiger partial charge < -0.3 is 5.11 Å². The van der Waals surface area contributed by atoms with Crippen molar-refractivity contribution in [2.75, 3.05) is 0 Å². The van der Waals surface area contributed by atoms with Gasteiger partial charge in [-0.2, -0.15) is 5.26 Å². The lowest BCUT2D eigenvalue weighted by Crippen LogP contribution is -2.19. The first-order valence-electron chi connectivity index (χ1n) is 6.24. The van der Waals surface area contributed by atoms with Gasteiger partial charge in [-0.3, -0.25) is 4.79 Å². The van der Waals surface area contributed by atoms with E-state index < -0.39 is 11.2 Å². The second-order valence-corrected chi connectivity index (χ2v) is 6.01. The monoisotopic (exact) mass is 317 g/mol. The van der Waals surface area contributed by atoms with E-state index in [0.717, 1.165) is 17.3 Å². The van der Waals surface area contributed by atoms with Crippen molar-refractivity contribution in [3.05, 3.63) is 64.7 Å². The second-order valence-electron chi connectivity index (χ2n) is 4.36. The number of nitriles is 1. The van der Waals surface area contributed by atoms with Crippen LogP contribution >= 0.6 is 23.4 Å². The van der Waals surface area contributed by atoms with Gasteiger partial charge >= 0.3 is 5.97 Å². The Bertz CT molecular complexity index is 682. The van der Waals surface area contributed by atoms with Crippen LogP contribution in [0.5, 0.6) is 0 Å². The molecule has 106 valence electrons. The van der Waals surface area contributed by atoms with Gasteiger partial charge in [0, 0.05) is 4.90 Å². The summed E-state index contributed by atoms with van der Waals surface area (Å²) in [5.41, 5.74) is 1.27. The molecule has 1 atom stereocenters. The minimum atomic E-state index is -0.910. The number of benzene rings is 2. The Labute approximate surface area is 132 Å². The molecule has 0 bridgehead atoms. The largest absolute Gasteiger partial charge is 0.480 e. The van der Waals surface area contributed by atoms with Crippen LogP contribution < -0.4 is 0 Å². The first-order valence-corrected chi connectivity index (χ1v) is 7.49. The van der Waals surface area contributed by atoms with Crippen LogP contribution in [0.2, 0.25) is 5.02 Å². The zero-order valence-corrected chi connectivity index (χ0v) is 12.6. The zero-order valence-electron chi connectivity index (χ0n) is 11.0. The summed E-state index contributed by atoms with van der Waals surface area (Å²) < 4.78 is 0. The van der Waals surface area contributed by atoms with Crippen molar-refractivity contribution in [2.45, 2.75) is 16.6 Å². The molecule has 0 aliphatic rings. The van der Waals surface area contributed by atoms with E-state index in [2.05, 4.69) is 0 Å². The molecule has 0 radical (unpaired) electrons. The number of carbonyl (C=O) groups is 1. The van der Waals surface area contributed by atoms with Crippen molar-refractivity contribution in [1.82, 2.24) is 0 Å². The lowest BCUT2D eigenvalue weighted by molar-refractivity contribution is -0.136. The summed E-state index contributed by atoms with van der Waals surface area (Å²) in [6, 6.07) is 16.5. The van der Waals surface area contributed by atoms with Gasteiger partial charge in [0.05, 0.1) is 10.6 Å².